The number of carbonyl (C=O) groups is 2. The van der Waals surface area contributed by atoms with Crippen LogP contribution in [-0.2, 0) is 4.79 Å². The number of pyridine rings is 1. The predicted octanol–water partition coefficient (Wildman–Crippen LogP) is 0.295. The van der Waals surface area contributed by atoms with E-state index in [9.17, 15) is 9.59 Å². The summed E-state index contributed by atoms with van der Waals surface area (Å²) in [6, 6.07) is 5.13. The fourth-order valence-electron chi connectivity index (χ4n) is 2.24. The second kappa shape index (κ2) is 4.38. The number of amides is 2. The lowest BCUT2D eigenvalue weighted by atomic mass is 10.2. The Kier molecular flexibility index (Phi) is 2.70. The van der Waals surface area contributed by atoms with Crippen molar-refractivity contribution in [2.24, 2.45) is 0 Å². The molecule has 1 aliphatic heterocycles. The summed E-state index contributed by atoms with van der Waals surface area (Å²) in [6.07, 6.45) is 3.53. The van der Waals surface area contributed by atoms with Gasteiger partial charge in [0.1, 0.15) is 17.4 Å². The van der Waals surface area contributed by atoms with Gasteiger partial charge in [-0.2, -0.15) is 0 Å². The molecule has 2 amide bonds. The van der Waals surface area contributed by atoms with E-state index >= 15 is 0 Å². The van der Waals surface area contributed by atoms with Gasteiger partial charge in [-0.15, -0.1) is 0 Å². The van der Waals surface area contributed by atoms with E-state index in [0.717, 1.165) is 5.65 Å². The maximum Gasteiger partial charge on any atom is 0.274 e. The molecule has 0 saturated carbocycles. The first-order valence-electron chi connectivity index (χ1n) is 6.19. The third-order valence-corrected chi connectivity index (χ3v) is 3.34. The molecule has 0 spiro atoms. The standard InChI is InChI=1S/C13H14N4O2/c1-9-12(18)14-5-7-17(9)13(19)10-8-16-6-3-2-4-11(16)15-10/h2-4,6,8-9H,5,7H2,1H3,(H,14,18). The molecule has 6 nitrogen and oxygen atoms in total. The summed E-state index contributed by atoms with van der Waals surface area (Å²) in [5, 5.41) is 2.74. The van der Waals surface area contributed by atoms with Crippen molar-refractivity contribution in [3.05, 3.63) is 36.3 Å². The third kappa shape index (κ3) is 1.95. The minimum absolute atomic E-state index is 0.122. The van der Waals surface area contributed by atoms with Crippen LogP contribution in [0.2, 0.25) is 0 Å². The Bertz CT molecular complexity index is 616. The van der Waals surface area contributed by atoms with Crippen molar-refractivity contribution in [1.82, 2.24) is 19.6 Å². The molecule has 6 heteroatoms. The maximum atomic E-state index is 12.4. The second-order valence-corrected chi connectivity index (χ2v) is 4.56. The summed E-state index contributed by atoms with van der Waals surface area (Å²) < 4.78 is 1.79. The van der Waals surface area contributed by atoms with E-state index in [4.69, 9.17) is 0 Å². The number of hydrogen-bond acceptors (Lipinski definition) is 3. The molecule has 1 aliphatic rings. The average molecular weight is 258 g/mol. The zero-order chi connectivity index (χ0) is 13.4. The van der Waals surface area contributed by atoms with Gasteiger partial charge in [0, 0.05) is 25.5 Å². The van der Waals surface area contributed by atoms with Crippen molar-refractivity contribution in [3.63, 3.8) is 0 Å². The molecule has 3 heterocycles. The van der Waals surface area contributed by atoms with Crippen LogP contribution in [0.1, 0.15) is 17.4 Å². The van der Waals surface area contributed by atoms with Gasteiger partial charge in [0.15, 0.2) is 0 Å². The molecule has 3 rings (SSSR count). The van der Waals surface area contributed by atoms with Crippen LogP contribution in [-0.4, -0.2) is 45.2 Å². The van der Waals surface area contributed by atoms with Crippen molar-refractivity contribution in [3.8, 4) is 0 Å². The van der Waals surface area contributed by atoms with Gasteiger partial charge in [0.2, 0.25) is 5.91 Å². The molecule has 98 valence electrons. The molecule has 1 unspecified atom stereocenters. The fourth-order valence-corrected chi connectivity index (χ4v) is 2.24. The lowest BCUT2D eigenvalue weighted by Crippen LogP contribution is -2.55. The molecule has 1 fully saturated rings. The van der Waals surface area contributed by atoms with Gasteiger partial charge in [-0.05, 0) is 19.1 Å². The highest BCUT2D eigenvalue weighted by Crippen LogP contribution is 2.11. The number of piperazine rings is 1. The number of rotatable bonds is 1. The topological polar surface area (TPSA) is 66.7 Å². The van der Waals surface area contributed by atoms with E-state index in [-0.39, 0.29) is 11.8 Å². The van der Waals surface area contributed by atoms with Crippen LogP contribution in [0.25, 0.3) is 5.65 Å². The average Bonchev–Trinajstić information content (AvgIpc) is 2.85. The van der Waals surface area contributed by atoms with Crippen LogP contribution in [0.3, 0.4) is 0 Å². The van der Waals surface area contributed by atoms with Crippen molar-refractivity contribution in [2.45, 2.75) is 13.0 Å². The largest absolute Gasteiger partial charge is 0.353 e. The summed E-state index contributed by atoms with van der Waals surface area (Å²) in [5.41, 5.74) is 1.09. The number of aromatic nitrogens is 2. The maximum absolute atomic E-state index is 12.4. The number of hydrogen-bond donors (Lipinski definition) is 1. The van der Waals surface area contributed by atoms with Gasteiger partial charge >= 0.3 is 0 Å². The quantitative estimate of drug-likeness (QED) is 0.799. The highest BCUT2D eigenvalue weighted by molar-refractivity contribution is 5.97. The van der Waals surface area contributed by atoms with Crippen LogP contribution < -0.4 is 5.32 Å². The van der Waals surface area contributed by atoms with E-state index in [2.05, 4.69) is 10.3 Å². The fraction of sp³-hybridized carbons (Fsp3) is 0.308. The van der Waals surface area contributed by atoms with E-state index in [1.165, 1.54) is 0 Å². The SMILES string of the molecule is CC1C(=O)NCCN1C(=O)c1cn2ccccc2n1. The van der Waals surface area contributed by atoms with Gasteiger partial charge in [-0.3, -0.25) is 9.59 Å². The lowest BCUT2D eigenvalue weighted by molar-refractivity contribution is -0.127. The van der Waals surface area contributed by atoms with Gasteiger partial charge < -0.3 is 14.6 Å². The molecular weight excluding hydrogens is 244 g/mol. The number of nitrogens with zero attached hydrogens (tertiary/aromatic N) is 3. The first-order chi connectivity index (χ1) is 9.16. The van der Waals surface area contributed by atoms with Crippen molar-refractivity contribution in [2.75, 3.05) is 13.1 Å². The van der Waals surface area contributed by atoms with E-state index in [0.29, 0.717) is 18.8 Å². The summed E-state index contributed by atoms with van der Waals surface area (Å²) in [7, 11) is 0. The van der Waals surface area contributed by atoms with Gasteiger partial charge in [-0.25, -0.2) is 4.98 Å². The Labute approximate surface area is 110 Å². The molecule has 0 bridgehead atoms. The summed E-state index contributed by atoms with van der Waals surface area (Å²) in [6.45, 7) is 2.73. The van der Waals surface area contributed by atoms with E-state index in [1.807, 2.05) is 24.4 Å². The number of nitrogens with one attached hydrogen (secondary N) is 1. The Hall–Kier alpha value is -2.37. The normalized spacial score (nSPS) is 19.5. The Morgan fingerprint density at radius 2 is 2.32 bits per heavy atom. The second-order valence-electron chi connectivity index (χ2n) is 4.56. The first kappa shape index (κ1) is 11.7. The van der Waals surface area contributed by atoms with Crippen molar-refractivity contribution < 1.29 is 9.59 Å². The minimum Gasteiger partial charge on any atom is -0.353 e. The number of fused-ring (bicyclic) bond motifs is 1. The molecular formula is C13H14N4O2. The molecule has 2 aromatic heterocycles. The van der Waals surface area contributed by atoms with E-state index < -0.39 is 6.04 Å². The zero-order valence-electron chi connectivity index (χ0n) is 10.5. The van der Waals surface area contributed by atoms with Crippen LogP contribution in [0.4, 0.5) is 0 Å². The Morgan fingerprint density at radius 1 is 1.47 bits per heavy atom. The van der Waals surface area contributed by atoms with Crippen molar-refractivity contribution in [1.29, 1.82) is 0 Å². The Balaban J connectivity index is 1.92. The van der Waals surface area contributed by atoms with Crippen LogP contribution >= 0.6 is 0 Å². The molecule has 19 heavy (non-hydrogen) atoms. The smallest absolute Gasteiger partial charge is 0.274 e. The molecule has 1 saturated heterocycles. The van der Waals surface area contributed by atoms with Gasteiger partial charge in [0.05, 0.1) is 0 Å². The van der Waals surface area contributed by atoms with Crippen LogP contribution in [0.15, 0.2) is 30.6 Å². The highest BCUT2D eigenvalue weighted by atomic mass is 16.2. The Morgan fingerprint density at radius 3 is 3.11 bits per heavy atom. The van der Waals surface area contributed by atoms with Crippen LogP contribution in [0.5, 0.6) is 0 Å². The predicted molar refractivity (Wildman–Crippen MR) is 68.7 cm³/mol. The highest BCUT2D eigenvalue weighted by Gasteiger charge is 2.30. The summed E-state index contributed by atoms with van der Waals surface area (Å²) in [5.74, 6) is -0.325. The molecule has 1 atom stereocenters. The van der Waals surface area contributed by atoms with Gasteiger partial charge in [0.25, 0.3) is 5.91 Å². The first-order valence-corrected chi connectivity index (χ1v) is 6.19. The molecule has 0 aliphatic carbocycles. The minimum atomic E-state index is -0.453. The summed E-state index contributed by atoms with van der Waals surface area (Å²) >= 11 is 0. The summed E-state index contributed by atoms with van der Waals surface area (Å²) in [4.78, 5) is 29.8. The van der Waals surface area contributed by atoms with Crippen LogP contribution in [0, 0.1) is 0 Å². The molecule has 1 N–H and O–H groups in total. The molecule has 0 aromatic carbocycles. The molecule has 0 radical (unpaired) electrons. The molecule has 2 aromatic rings. The lowest BCUT2D eigenvalue weighted by Gasteiger charge is -2.32. The van der Waals surface area contributed by atoms with E-state index in [1.54, 1.807) is 22.4 Å². The third-order valence-electron chi connectivity index (χ3n) is 3.34. The zero-order valence-corrected chi connectivity index (χ0v) is 10.5. The van der Waals surface area contributed by atoms with Crippen molar-refractivity contribution >= 4 is 17.5 Å². The monoisotopic (exact) mass is 258 g/mol. The van der Waals surface area contributed by atoms with Gasteiger partial charge in [-0.1, -0.05) is 6.07 Å². The number of carbonyl (C=O) groups excluding carboxylic acids is 2. The number of imidazole rings is 1.